The number of nitrogens with zero attached hydrogens (tertiary/aromatic N) is 2. The molecule has 0 amide bonds. The fraction of sp³-hybridized carbons (Fsp3) is 0.375. The fourth-order valence-corrected chi connectivity index (χ4v) is 2.06. The van der Waals surface area contributed by atoms with E-state index < -0.39 is 0 Å². The molecule has 2 rings (SSSR count). The molecule has 0 saturated heterocycles. The molecule has 1 aromatic heterocycles. The first kappa shape index (κ1) is 14.3. The van der Waals surface area contributed by atoms with Gasteiger partial charge in [0, 0.05) is 23.4 Å². The lowest BCUT2D eigenvalue weighted by Crippen LogP contribution is -2.10. The summed E-state index contributed by atoms with van der Waals surface area (Å²) in [5, 5.41) is 3.41. The van der Waals surface area contributed by atoms with E-state index >= 15 is 0 Å². The van der Waals surface area contributed by atoms with Crippen LogP contribution in [0, 0.1) is 6.92 Å². The third kappa shape index (κ3) is 3.47. The Kier molecular flexibility index (Phi) is 4.23. The lowest BCUT2D eigenvalue weighted by molar-refractivity contribution is 0.761. The molecule has 0 radical (unpaired) electrons. The van der Waals surface area contributed by atoms with Gasteiger partial charge in [-0.2, -0.15) is 0 Å². The van der Waals surface area contributed by atoms with Gasteiger partial charge in [-0.1, -0.05) is 26.0 Å². The van der Waals surface area contributed by atoms with Crippen molar-refractivity contribution in [3.8, 4) is 0 Å². The van der Waals surface area contributed by atoms with Crippen molar-refractivity contribution < 1.29 is 0 Å². The Bertz CT molecular complexity index is 593. The number of rotatable bonds is 4. The summed E-state index contributed by atoms with van der Waals surface area (Å²) in [6, 6.07) is 10.0. The van der Waals surface area contributed by atoms with Crippen molar-refractivity contribution >= 4 is 11.5 Å². The van der Waals surface area contributed by atoms with E-state index in [9.17, 15) is 0 Å². The number of benzene rings is 1. The normalized spacial score (nSPS) is 12.4. The molecule has 3 N–H and O–H groups in total. The zero-order valence-corrected chi connectivity index (χ0v) is 12.5. The maximum Gasteiger partial charge on any atom is 0.133 e. The molecule has 0 fully saturated rings. The van der Waals surface area contributed by atoms with Gasteiger partial charge in [0.2, 0.25) is 0 Å². The smallest absolute Gasteiger partial charge is 0.133 e. The van der Waals surface area contributed by atoms with Crippen LogP contribution in [0.5, 0.6) is 0 Å². The van der Waals surface area contributed by atoms with Crippen LogP contribution in [-0.2, 0) is 0 Å². The molecule has 1 heterocycles. The monoisotopic (exact) mass is 270 g/mol. The van der Waals surface area contributed by atoms with Gasteiger partial charge in [0.25, 0.3) is 0 Å². The SMILES string of the molecule is Cc1cc(NC(C)c2cccc(N)c2)nc(C(C)C)n1. The highest BCUT2D eigenvalue weighted by molar-refractivity contribution is 5.45. The molecule has 4 nitrogen and oxygen atoms in total. The highest BCUT2D eigenvalue weighted by Gasteiger charge is 2.10. The maximum atomic E-state index is 5.82. The van der Waals surface area contributed by atoms with Crippen LogP contribution >= 0.6 is 0 Å². The summed E-state index contributed by atoms with van der Waals surface area (Å²) in [7, 11) is 0. The van der Waals surface area contributed by atoms with E-state index in [4.69, 9.17) is 5.73 Å². The quantitative estimate of drug-likeness (QED) is 0.832. The van der Waals surface area contributed by atoms with Gasteiger partial charge in [-0.15, -0.1) is 0 Å². The largest absolute Gasteiger partial charge is 0.399 e. The molecule has 1 aromatic carbocycles. The van der Waals surface area contributed by atoms with Crippen LogP contribution in [0.3, 0.4) is 0 Å². The molecule has 4 heteroatoms. The number of nitrogens with two attached hydrogens (primary N) is 1. The van der Waals surface area contributed by atoms with E-state index in [0.717, 1.165) is 28.6 Å². The van der Waals surface area contributed by atoms with Crippen molar-refractivity contribution in [2.45, 2.75) is 39.7 Å². The van der Waals surface area contributed by atoms with Crippen molar-refractivity contribution in [2.75, 3.05) is 11.1 Å². The highest BCUT2D eigenvalue weighted by atomic mass is 15.0. The number of aryl methyl sites for hydroxylation is 1. The van der Waals surface area contributed by atoms with Gasteiger partial charge in [0.05, 0.1) is 6.04 Å². The molecular formula is C16H22N4. The number of anilines is 2. The minimum atomic E-state index is 0.146. The van der Waals surface area contributed by atoms with Crippen molar-refractivity contribution in [1.29, 1.82) is 0 Å². The van der Waals surface area contributed by atoms with Crippen molar-refractivity contribution in [3.63, 3.8) is 0 Å². The summed E-state index contributed by atoms with van der Waals surface area (Å²) in [6.07, 6.45) is 0. The van der Waals surface area contributed by atoms with Crippen LogP contribution < -0.4 is 11.1 Å². The van der Waals surface area contributed by atoms with Crippen LogP contribution in [0.15, 0.2) is 30.3 Å². The molecule has 1 atom stereocenters. The molecule has 0 aliphatic rings. The Morgan fingerprint density at radius 2 is 1.85 bits per heavy atom. The number of nitrogen functional groups attached to an aromatic ring is 1. The summed E-state index contributed by atoms with van der Waals surface area (Å²) in [4.78, 5) is 9.02. The lowest BCUT2D eigenvalue weighted by atomic mass is 10.1. The van der Waals surface area contributed by atoms with E-state index in [1.54, 1.807) is 0 Å². The molecule has 20 heavy (non-hydrogen) atoms. The standard InChI is InChI=1S/C16H22N4/c1-10(2)16-18-11(3)8-15(20-16)19-12(4)13-6-5-7-14(17)9-13/h5-10,12H,17H2,1-4H3,(H,18,19,20). The van der Waals surface area contributed by atoms with Crippen molar-refractivity contribution in [3.05, 3.63) is 47.4 Å². The molecule has 0 aliphatic heterocycles. The number of hydrogen-bond acceptors (Lipinski definition) is 4. The Balaban J connectivity index is 2.21. The maximum absolute atomic E-state index is 5.82. The first-order chi connectivity index (χ1) is 9.45. The summed E-state index contributed by atoms with van der Waals surface area (Å²) in [5.41, 5.74) is 8.72. The minimum Gasteiger partial charge on any atom is -0.399 e. The van der Waals surface area contributed by atoms with Gasteiger partial charge in [0.15, 0.2) is 0 Å². The van der Waals surface area contributed by atoms with Crippen LogP contribution in [0.25, 0.3) is 0 Å². The Morgan fingerprint density at radius 3 is 2.50 bits per heavy atom. The third-order valence-corrected chi connectivity index (χ3v) is 3.16. The number of hydrogen-bond donors (Lipinski definition) is 2. The van der Waals surface area contributed by atoms with Gasteiger partial charge in [-0.3, -0.25) is 0 Å². The van der Waals surface area contributed by atoms with E-state index in [1.165, 1.54) is 0 Å². The van der Waals surface area contributed by atoms with Crippen LogP contribution in [0.4, 0.5) is 11.5 Å². The minimum absolute atomic E-state index is 0.146. The summed E-state index contributed by atoms with van der Waals surface area (Å²) in [5.74, 6) is 2.04. The lowest BCUT2D eigenvalue weighted by Gasteiger charge is -2.17. The molecule has 2 aromatic rings. The van der Waals surface area contributed by atoms with Crippen molar-refractivity contribution in [2.24, 2.45) is 0 Å². The summed E-state index contributed by atoms with van der Waals surface area (Å²) < 4.78 is 0. The van der Waals surface area contributed by atoms with Gasteiger partial charge < -0.3 is 11.1 Å². The average Bonchev–Trinajstić information content (AvgIpc) is 2.37. The Morgan fingerprint density at radius 1 is 1.10 bits per heavy atom. The fourth-order valence-electron chi connectivity index (χ4n) is 2.06. The summed E-state index contributed by atoms with van der Waals surface area (Å²) in [6.45, 7) is 8.28. The van der Waals surface area contributed by atoms with Crippen molar-refractivity contribution in [1.82, 2.24) is 9.97 Å². The average molecular weight is 270 g/mol. The molecule has 1 unspecified atom stereocenters. The van der Waals surface area contributed by atoms with E-state index in [-0.39, 0.29) is 6.04 Å². The molecule has 0 spiro atoms. The zero-order valence-electron chi connectivity index (χ0n) is 12.5. The predicted molar refractivity (Wildman–Crippen MR) is 83.8 cm³/mol. The summed E-state index contributed by atoms with van der Waals surface area (Å²) >= 11 is 0. The molecule has 0 saturated carbocycles. The first-order valence-electron chi connectivity index (χ1n) is 6.93. The van der Waals surface area contributed by atoms with Gasteiger partial charge in [-0.05, 0) is 31.5 Å². The third-order valence-electron chi connectivity index (χ3n) is 3.16. The van der Waals surface area contributed by atoms with Gasteiger partial charge in [-0.25, -0.2) is 9.97 Å². The van der Waals surface area contributed by atoms with Crippen LogP contribution in [0.1, 0.15) is 49.8 Å². The predicted octanol–water partition coefficient (Wildman–Crippen LogP) is 3.66. The number of nitrogens with one attached hydrogen (secondary N) is 1. The van der Waals surface area contributed by atoms with Gasteiger partial charge in [0.1, 0.15) is 11.6 Å². The molecule has 106 valence electrons. The van der Waals surface area contributed by atoms with Gasteiger partial charge >= 0.3 is 0 Å². The topological polar surface area (TPSA) is 63.8 Å². The van der Waals surface area contributed by atoms with Crippen LogP contribution in [-0.4, -0.2) is 9.97 Å². The number of aromatic nitrogens is 2. The van der Waals surface area contributed by atoms with E-state index in [0.29, 0.717) is 5.92 Å². The Labute approximate surface area is 120 Å². The molecular weight excluding hydrogens is 248 g/mol. The molecule has 0 aliphatic carbocycles. The second kappa shape index (κ2) is 5.90. The Hall–Kier alpha value is -2.10. The van der Waals surface area contributed by atoms with Crippen LogP contribution in [0.2, 0.25) is 0 Å². The zero-order chi connectivity index (χ0) is 14.7. The second-order valence-corrected chi connectivity index (χ2v) is 5.44. The van der Waals surface area contributed by atoms with E-state index in [2.05, 4.69) is 42.1 Å². The molecule has 0 bridgehead atoms. The highest BCUT2D eigenvalue weighted by Crippen LogP contribution is 2.21. The van der Waals surface area contributed by atoms with E-state index in [1.807, 2.05) is 31.2 Å². The first-order valence-corrected chi connectivity index (χ1v) is 6.93. The second-order valence-electron chi connectivity index (χ2n) is 5.44.